The van der Waals surface area contributed by atoms with E-state index in [1.807, 2.05) is 72.8 Å². The van der Waals surface area contributed by atoms with Crippen LogP contribution in [0.25, 0.3) is 207 Å². The van der Waals surface area contributed by atoms with Gasteiger partial charge in [-0.3, -0.25) is 0 Å². The van der Waals surface area contributed by atoms with E-state index in [9.17, 15) is 0 Å². The molecule has 26 rings (SSSR count). The van der Waals surface area contributed by atoms with E-state index in [1.54, 1.807) is 116 Å². The molecule has 111 heavy (non-hydrogen) atoms. The quantitative estimate of drug-likeness (QED) is 0.130. The number of rotatable bonds is 10. The monoisotopic (exact) mass is 1580 g/mol. The Morgan fingerprint density at radius 2 is 0.486 bits per heavy atom. The third-order valence-electron chi connectivity index (χ3n) is 20.5. The second-order valence-electron chi connectivity index (χ2n) is 26.9. The average Bonchev–Trinajstić information content (AvgIpc) is 1.56. The average molecular weight is 1580 g/mol. The predicted molar refractivity (Wildman–Crippen MR) is 462 cm³/mol. The second kappa shape index (κ2) is 25.1. The molecule has 26 aromatic rings. The van der Waals surface area contributed by atoms with Gasteiger partial charge in [0.25, 0.3) is 23.8 Å². The van der Waals surface area contributed by atoms with Gasteiger partial charge in [-0.05, 0) is 142 Å². The molecule has 0 atom stereocenters. The number of benzene rings is 10. The molecule has 0 saturated heterocycles. The van der Waals surface area contributed by atoms with Crippen LogP contribution in [-0.4, -0.2) is 0 Å². The van der Waals surface area contributed by atoms with Crippen LogP contribution in [0.4, 0.5) is 0 Å². The fourth-order valence-corrected chi connectivity index (χ4v) is 23.4. The largest absolute Gasteiger partial charge is 0.454 e. The zero-order valence-electron chi connectivity index (χ0n) is 57.3. The molecule has 19 heteroatoms. The molecular weight excluding hydrogens is 1540 g/mol. The van der Waals surface area contributed by atoms with E-state index in [-0.39, 0.29) is 0 Å². The summed E-state index contributed by atoms with van der Waals surface area (Å²) in [6.07, 6.45) is 6.94. The van der Waals surface area contributed by atoms with Gasteiger partial charge >= 0.3 is 0 Å². The maximum absolute atomic E-state index is 6.51. The van der Waals surface area contributed by atoms with Gasteiger partial charge in [-0.1, -0.05) is 224 Å². The fourth-order valence-electron chi connectivity index (χ4n) is 15.2. The molecule has 16 aromatic heterocycles. The topological polar surface area (TPSA) is 133 Å². The first-order chi connectivity index (χ1) is 54.8. The van der Waals surface area contributed by atoms with Gasteiger partial charge < -0.3 is 49.5 Å². The Morgan fingerprint density at radius 1 is 0.189 bits per heavy atom. The molecule has 11 nitrogen and oxygen atoms in total. The summed E-state index contributed by atoms with van der Waals surface area (Å²) < 4.78 is 75.1. The van der Waals surface area contributed by atoms with Crippen LogP contribution in [0.15, 0.2) is 315 Å². The molecule has 0 bridgehead atoms. The maximum atomic E-state index is 6.51. The molecule has 0 aliphatic carbocycles. The van der Waals surface area contributed by atoms with E-state index in [1.165, 1.54) is 98.4 Å². The van der Waals surface area contributed by atoms with Crippen LogP contribution >= 0.6 is 90.7 Å². The summed E-state index contributed by atoms with van der Waals surface area (Å²) in [7, 11) is 0. The van der Waals surface area contributed by atoms with Crippen molar-refractivity contribution >= 4 is 254 Å². The fraction of sp³-hybridized carbons (Fsp3) is 0. The minimum Gasteiger partial charge on any atom is -0.454 e. The second-order valence-corrected chi connectivity index (χ2v) is 35.1. The summed E-state index contributed by atoms with van der Waals surface area (Å²) in [5, 5.41) is 18.0. The van der Waals surface area contributed by atoms with Crippen molar-refractivity contribution in [1.82, 2.24) is 0 Å². The van der Waals surface area contributed by atoms with Crippen LogP contribution in [0.5, 0.6) is 35.3 Å². The van der Waals surface area contributed by atoms with Crippen LogP contribution in [0.1, 0.15) is 0 Å². The lowest BCUT2D eigenvalue weighted by atomic mass is 9.97. The molecule has 0 fully saturated rings. The number of hydrogen-bond donors (Lipinski definition) is 0. The number of ether oxygens (including phenoxy) is 3. The summed E-state index contributed by atoms with van der Waals surface area (Å²) in [4.78, 5) is 7.09. The number of thiophene rings is 8. The molecule has 0 radical (unpaired) electrons. The van der Waals surface area contributed by atoms with Gasteiger partial charge in [-0.15, -0.1) is 0 Å². The molecule has 0 amide bonds. The Morgan fingerprint density at radius 3 is 0.892 bits per heavy atom. The molecule has 0 aliphatic heterocycles. The van der Waals surface area contributed by atoms with Gasteiger partial charge in [0.2, 0.25) is 0 Å². The molecule has 0 saturated carbocycles. The summed E-state index contributed by atoms with van der Waals surface area (Å²) in [5.41, 5.74) is 9.36. The Kier molecular flexibility index (Phi) is 14.3. The van der Waals surface area contributed by atoms with Crippen LogP contribution in [0.3, 0.4) is 0 Å². The predicted octanol–water partition coefficient (Wildman–Crippen LogP) is 32.8. The van der Waals surface area contributed by atoms with Gasteiger partial charge in [0.15, 0.2) is 50.7 Å². The zero-order chi connectivity index (χ0) is 72.5. The van der Waals surface area contributed by atoms with E-state index in [2.05, 4.69) is 182 Å². The van der Waals surface area contributed by atoms with E-state index in [0.717, 1.165) is 109 Å². The first-order valence-electron chi connectivity index (χ1n) is 35.4. The normalized spacial score (nSPS) is 12.1. The van der Waals surface area contributed by atoms with Crippen molar-refractivity contribution in [1.29, 1.82) is 0 Å². The van der Waals surface area contributed by atoms with E-state index < -0.39 is 0 Å². The van der Waals surface area contributed by atoms with Crippen LogP contribution in [0, 0.1) is 0 Å². The van der Waals surface area contributed by atoms with Crippen molar-refractivity contribution in [2.75, 3.05) is 0 Å². The van der Waals surface area contributed by atoms with Crippen molar-refractivity contribution in [3.05, 3.63) is 280 Å². The Balaban J connectivity index is 0.000000101. The summed E-state index contributed by atoms with van der Waals surface area (Å²) >= 11 is 13.2. The highest BCUT2D eigenvalue weighted by Gasteiger charge is 2.24. The highest BCUT2D eigenvalue weighted by molar-refractivity contribution is 7.28. The summed E-state index contributed by atoms with van der Waals surface area (Å²) in [6.45, 7) is 0. The highest BCUT2D eigenvalue weighted by Crippen LogP contribution is 2.51. The number of hydrogen-bond acceptors (Lipinski definition) is 19. The van der Waals surface area contributed by atoms with Gasteiger partial charge in [0.05, 0.1) is 23.3 Å². The third-order valence-corrected chi connectivity index (χ3v) is 29.0. The van der Waals surface area contributed by atoms with Crippen molar-refractivity contribution in [2.45, 2.75) is 0 Å². The molecular formula is C92H46O11S8. The van der Waals surface area contributed by atoms with Crippen LogP contribution in [0.2, 0.25) is 0 Å². The number of furan rings is 8. The van der Waals surface area contributed by atoms with Crippen molar-refractivity contribution in [3.63, 3.8) is 0 Å². The number of fused-ring (bicyclic) bond motifs is 24. The van der Waals surface area contributed by atoms with Crippen LogP contribution in [-0.2, 0) is 0 Å². The van der Waals surface area contributed by atoms with Gasteiger partial charge in [-0.2, -0.15) is 0 Å². The van der Waals surface area contributed by atoms with Crippen molar-refractivity contribution in [3.8, 4) is 79.8 Å². The molecule has 10 aromatic carbocycles. The summed E-state index contributed by atoms with van der Waals surface area (Å²) in [5.74, 6) is 3.17. The molecule has 528 valence electrons. The molecule has 0 spiro atoms. The zero-order valence-corrected chi connectivity index (χ0v) is 63.8. The van der Waals surface area contributed by atoms with Crippen LogP contribution < -0.4 is 14.2 Å². The summed E-state index contributed by atoms with van der Waals surface area (Å²) in [6, 6.07) is 89.0. The Labute approximate surface area is 657 Å². The van der Waals surface area contributed by atoms with Crippen molar-refractivity contribution < 1.29 is 49.5 Å². The smallest absolute Gasteiger partial charge is 0.294 e. The molecule has 16 heterocycles. The lowest BCUT2D eigenvalue weighted by Crippen LogP contribution is -1.83. The minimum absolute atomic E-state index is 0.428. The highest BCUT2D eigenvalue weighted by atomic mass is 32.1. The van der Waals surface area contributed by atoms with Gasteiger partial charge in [0, 0.05) is 137 Å². The lowest BCUT2D eigenvalue weighted by Gasteiger charge is -2.07. The van der Waals surface area contributed by atoms with E-state index in [0.29, 0.717) is 35.3 Å². The standard InChI is InChI=1S/2C36H18O4S3.C20H10O3S2/c1-2-7-29-24(6-1)32-27(17-38-35(32)42-29)40-28-18-39-36-33(28)26-16-22(9-11-31(26)43-36)20-5-3-4-19(14-20)21-8-10-30-25(15-21)23-12-13-37-34(23)41-30;1-2-7-29-23(6-1)27-17-32(39-35(27)42-29)38-33-18-28-26-16-22(9-11-31(26)43-36(28)40-33)20-5-3-4-19(14-20)21-8-10-30-25(15-21)24-12-13-37-34(24)41-30;1-3-7-15-11(5-1)13-9-17(22-19(13)24-15)21-18-10-14-12-6-2-4-8-16(12)25-20(14)23-18/h2*1-18H;1-10H. The Hall–Kier alpha value is -12.4. The molecule has 0 aliphatic rings. The Bertz CT molecular complexity index is 8090. The molecule has 0 N–H and O–H groups in total. The van der Waals surface area contributed by atoms with E-state index in [4.69, 9.17) is 49.5 Å². The van der Waals surface area contributed by atoms with Crippen molar-refractivity contribution in [2.24, 2.45) is 0 Å². The third kappa shape index (κ3) is 10.6. The van der Waals surface area contributed by atoms with Gasteiger partial charge in [0.1, 0.15) is 12.5 Å². The first-order valence-corrected chi connectivity index (χ1v) is 42.0. The minimum atomic E-state index is 0.428. The SMILES string of the molecule is c1cc(-c2ccc3sc4occc4c3c2)cc(-c2ccc3sc4oc(Oc5cc6c(o5)sc5ccccc56)cc4c3c2)c1.c1cc(-c2ccc3sc4occc4c3c2)cc(-c2ccc3sc4occ(Oc5coc6sc7ccccc7c56)c4c3c2)c1.c1ccc2c(c1)sc1oc(Oc3cc4c(o3)sc3ccccc34)cc12. The maximum Gasteiger partial charge on any atom is 0.294 e. The van der Waals surface area contributed by atoms with E-state index >= 15 is 0 Å². The first kappa shape index (κ1) is 63.5. The van der Waals surface area contributed by atoms with Gasteiger partial charge in [-0.25, -0.2) is 0 Å². The molecule has 0 unspecified atom stereocenters. The lowest BCUT2D eigenvalue weighted by molar-refractivity contribution is 0.296.